The van der Waals surface area contributed by atoms with Crippen molar-refractivity contribution in [3.05, 3.63) is 71.3 Å². The second-order valence-electron chi connectivity index (χ2n) is 5.96. The Morgan fingerprint density at radius 1 is 0.882 bits per heavy atom. The molecule has 1 unspecified atom stereocenters. The van der Waals surface area contributed by atoms with Crippen molar-refractivity contribution in [2.45, 2.75) is 26.3 Å². The van der Waals surface area contributed by atoms with Gasteiger partial charge in [0.05, 0.1) is 12.7 Å². The van der Waals surface area contributed by atoms with Crippen LogP contribution in [0.5, 0.6) is 0 Å². The number of Topliss-reactive ketones (excluding diaryl/α,β-unsaturated/α-hetero) is 2. The lowest BCUT2D eigenvalue weighted by molar-refractivity contribution is -0.292. The number of aliphatic carboxylic acids is 1. The van der Waals surface area contributed by atoms with Gasteiger partial charge >= 0.3 is 12.1 Å². The number of aliphatic hydroxyl groups is 1. The van der Waals surface area contributed by atoms with Gasteiger partial charge in [0.2, 0.25) is 11.6 Å². The van der Waals surface area contributed by atoms with Crippen LogP contribution in [0.15, 0.2) is 54.6 Å². The molecular formula is C22H26F3NO8. The SMILES string of the molecule is CC(=O)O.CCOC(O)C(F)(F)F.COC(=O)c1ccc(C(=O)C(=O)c2ccccc2)cc1.N. The van der Waals surface area contributed by atoms with E-state index in [0.717, 1.165) is 6.92 Å². The number of benzene rings is 2. The molecule has 9 nitrogen and oxygen atoms in total. The van der Waals surface area contributed by atoms with Gasteiger partial charge in [-0.1, -0.05) is 42.5 Å². The third-order valence-electron chi connectivity index (χ3n) is 3.41. The summed E-state index contributed by atoms with van der Waals surface area (Å²) in [6.45, 7) is 2.30. The summed E-state index contributed by atoms with van der Waals surface area (Å²) in [6.07, 6.45) is -7.29. The predicted octanol–water partition coefficient (Wildman–Crippen LogP) is 3.70. The standard InChI is InChI=1S/C16H12O4.C4H7F3O2.C2H4O2.H3N/c1-20-16(19)13-9-7-12(8-10-13)15(18)14(17)11-5-3-2-4-6-11;1-2-9-3(8)4(5,6)7;1-2(3)4;/h2-10H,1H3;3,8H,2H2,1H3;1H3,(H,3,4);1H3. The number of ether oxygens (including phenoxy) is 2. The largest absolute Gasteiger partial charge is 0.481 e. The Bertz CT molecular complexity index is 912. The number of carboxylic acids is 1. The van der Waals surface area contributed by atoms with E-state index in [-0.39, 0.29) is 18.3 Å². The van der Waals surface area contributed by atoms with E-state index >= 15 is 0 Å². The molecule has 0 saturated carbocycles. The van der Waals surface area contributed by atoms with Crippen LogP contribution < -0.4 is 6.15 Å². The van der Waals surface area contributed by atoms with Crippen molar-refractivity contribution in [1.29, 1.82) is 0 Å². The van der Waals surface area contributed by atoms with Crippen LogP contribution in [0.1, 0.15) is 44.9 Å². The maximum absolute atomic E-state index is 12.0. The van der Waals surface area contributed by atoms with Crippen molar-refractivity contribution in [3.8, 4) is 0 Å². The highest BCUT2D eigenvalue weighted by molar-refractivity contribution is 6.49. The Kier molecular flexibility index (Phi) is 15.4. The Hall–Kier alpha value is -3.61. The average Bonchev–Trinajstić information content (AvgIpc) is 2.78. The fraction of sp³-hybridized carbons (Fsp3) is 0.273. The summed E-state index contributed by atoms with van der Waals surface area (Å²) in [6, 6.07) is 14.1. The molecule has 188 valence electrons. The van der Waals surface area contributed by atoms with E-state index in [2.05, 4.69) is 9.47 Å². The molecule has 2 rings (SSSR count). The van der Waals surface area contributed by atoms with Crippen LogP contribution in [0.2, 0.25) is 0 Å². The molecule has 1 atom stereocenters. The molecule has 2 aromatic carbocycles. The fourth-order valence-corrected chi connectivity index (χ4v) is 1.98. The second kappa shape index (κ2) is 16.1. The van der Waals surface area contributed by atoms with Gasteiger partial charge in [0.25, 0.3) is 12.3 Å². The topological polar surface area (TPSA) is 162 Å². The number of alkyl halides is 3. The van der Waals surface area contributed by atoms with Crippen LogP contribution in [-0.4, -0.2) is 59.9 Å². The molecule has 0 amide bonds. The summed E-state index contributed by atoms with van der Waals surface area (Å²) in [5.74, 6) is -2.50. The quantitative estimate of drug-likeness (QED) is 0.238. The molecule has 12 heteroatoms. The molecule has 0 radical (unpaired) electrons. The van der Waals surface area contributed by atoms with Gasteiger partial charge < -0.3 is 25.8 Å². The van der Waals surface area contributed by atoms with Crippen LogP contribution in [0, 0.1) is 0 Å². The van der Waals surface area contributed by atoms with Gasteiger partial charge in [-0.05, 0) is 19.1 Å². The first-order chi connectivity index (χ1) is 15.3. The fourth-order valence-electron chi connectivity index (χ4n) is 1.98. The summed E-state index contributed by atoms with van der Waals surface area (Å²) >= 11 is 0. The Morgan fingerprint density at radius 2 is 1.26 bits per heavy atom. The summed E-state index contributed by atoms with van der Waals surface area (Å²) in [5, 5.41) is 15.5. The molecule has 0 aromatic heterocycles. The number of carboxylic acid groups (broad SMARTS) is 1. The summed E-state index contributed by atoms with van der Waals surface area (Å²) < 4.78 is 42.2. The van der Waals surface area contributed by atoms with E-state index in [9.17, 15) is 27.6 Å². The smallest absolute Gasteiger partial charge is 0.439 e. The van der Waals surface area contributed by atoms with Gasteiger partial charge in [-0.25, -0.2) is 4.79 Å². The zero-order valence-electron chi connectivity index (χ0n) is 18.7. The molecule has 0 saturated heterocycles. The van der Waals surface area contributed by atoms with Crippen LogP contribution in [-0.2, 0) is 14.3 Å². The lowest BCUT2D eigenvalue weighted by atomic mass is 10.0. The summed E-state index contributed by atoms with van der Waals surface area (Å²) in [7, 11) is 1.28. The van der Waals surface area contributed by atoms with E-state index in [1.54, 1.807) is 30.3 Å². The number of hydrogen-bond donors (Lipinski definition) is 3. The molecular weight excluding hydrogens is 463 g/mol. The van der Waals surface area contributed by atoms with Gasteiger partial charge in [-0.15, -0.1) is 0 Å². The van der Waals surface area contributed by atoms with Crippen molar-refractivity contribution in [2.24, 2.45) is 0 Å². The normalized spacial score (nSPS) is 10.7. The van der Waals surface area contributed by atoms with E-state index in [0.29, 0.717) is 11.1 Å². The predicted molar refractivity (Wildman–Crippen MR) is 115 cm³/mol. The van der Waals surface area contributed by atoms with E-state index < -0.39 is 36.0 Å². The van der Waals surface area contributed by atoms with Gasteiger partial charge in [-0.3, -0.25) is 14.4 Å². The van der Waals surface area contributed by atoms with Crippen LogP contribution in [0.3, 0.4) is 0 Å². The van der Waals surface area contributed by atoms with Gasteiger partial charge in [-0.2, -0.15) is 13.2 Å². The number of halogens is 3. The zero-order valence-corrected chi connectivity index (χ0v) is 18.7. The van der Waals surface area contributed by atoms with Crippen LogP contribution in [0.25, 0.3) is 0 Å². The molecule has 34 heavy (non-hydrogen) atoms. The number of methoxy groups -OCH3 is 1. The number of carbonyl (C=O) groups excluding carboxylic acids is 3. The summed E-state index contributed by atoms with van der Waals surface area (Å²) in [4.78, 5) is 44.3. The maximum atomic E-state index is 12.0. The lowest BCUT2D eigenvalue weighted by Crippen LogP contribution is -2.31. The molecule has 2 aromatic rings. The first-order valence-electron chi connectivity index (χ1n) is 9.23. The molecule has 0 aliphatic heterocycles. The maximum Gasteiger partial charge on any atom is 0.439 e. The number of rotatable bonds is 6. The highest BCUT2D eigenvalue weighted by Crippen LogP contribution is 2.20. The molecule has 5 N–H and O–H groups in total. The van der Waals surface area contributed by atoms with Gasteiger partial charge in [0.15, 0.2) is 0 Å². The Labute approximate surface area is 193 Å². The monoisotopic (exact) mass is 489 g/mol. The minimum atomic E-state index is -4.66. The third-order valence-corrected chi connectivity index (χ3v) is 3.41. The van der Waals surface area contributed by atoms with Gasteiger partial charge in [0.1, 0.15) is 0 Å². The number of esters is 1. The van der Waals surface area contributed by atoms with Crippen LogP contribution in [0.4, 0.5) is 13.2 Å². The molecule has 0 fully saturated rings. The van der Waals surface area contributed by atoms with Crippen LogP contribution >= 0.6 is 0 Å². The zero-order chi connectivity index (χ0) is 25.6. The molecule has 0 aliphatic carbocycles. The first-order valence-corrected chi connectivity index (χ1v) is 9.23. The van der Waals surface area contributed by atoms with Crippen molar-refractivity contribution >= 4 is 23.5 Å². The van der Waals surface area contributed by atoms with Crippen molar-refractivity contribution in [2.75, 3.05) is 13.7 Å². The lowest BCUT2D eigenvalue weighted by Gasteiger charge is -2.12. The van der Waals surface area contributed by atoms with Crippen molar-refractivity contribution in [1.82, 2.24) is 6.15 Å². The number of aliphatic hydroxyl groups excluding tert-OH is 1. The average molecular weight is 489 g/mol. The molecule has 0 spiro atoms. The highest BCUT2D eigenvalue weighted by atomic mass is 19.4. The third kappa shape index (κ3) is 12.4. The summed E-state index contributed by atoms with van der Waals surface area (Å²) in [5.41, 5.74) is 0.914. The first kappa shape index (κ1) is 32.6. The number of ketones is 2. The number of carbonyl (C=O) groups is 4. The van der Waals surface area contributed by atoms with Crippen molar-refractivity contribution < 1.29 is 52.0 Å². The van der Waals surface area contributed by atoms with E-state index in [1.807, 2.05) is 0 Å². The Morgan fingerprint density at radius 3 is 1.59 bits per heavy atom. The minimum absolute atomic E-state index is 0. The minimum Gasteiger partial charge on any atom is -0.481 e. The molecule has 0 aliphatic rings. The van der Waals surface area contributed by atoms with E-state index in [1.165, 1.54) is 38.3 Å². The molecule has 0 bridgehead atoms. The Balaban J connectivity index is 0. The van der Waals surface area contributed by atoms with Crippen molar-refractivity contribution in [3.63, 3.8) is 0 Å². The highest BCUT2D eigenvalue weighted by Gasteiger charge is 2.38. The molecule has 0 heterocycles. The van der Waals surface area contributed by atoms with E-state index in [4.69, 9.17) is 15.0 Å². The van der Waals surface area contributed by atoms with Gasteiger partial charge in [0, 0.05) is 24.7 Å². The number of hydrogen-bond acceptors (Lipinski definition) is 8. The second-order valence-corrected chi connectivity index (χ2v) is 5.96.